The highest BCUT2D eigenvalue weighted by atomic mass is 32.2. The largest absolute Gasteiger partial charge is 0.497 e. The van der Waals surface area contributed by atoms with Crippen LogP contribution in [0, 0.1) is 0 Å². The van der Waals surface area contributed by atoms with Crippen molar-refractivity contribution < 1.29 is 22.7 Å². The SMILES string of the molecule is CNS(=O)(=O)c1ccc(NC(=O)COc2ccc(OC)cc2)cc1. The van der Waals surface area contributed by atoms with Crippen molar-refractivity contribution in [1.82, 2.24) is 4.72 Å². The summed E-state index contributed by atoms with van der Waals surface area (Å²) in [5.41, 5.74) is 0.480. The molecule has 0 saturated heterocycles. The molecule has 0 fully saturated rings. The number of hydrogen-bond donors (Lipinski definition) is 2. The first-order valence-corrected chi connectivity index (χ1v) is 8.53. The first kappa shape index (κ1) is 17.8. The van der Waals surface area contributed by atoms with Crippen LogP contribution in [0.2, 0.25) is 0 Å². The van der Waals surface area contributed by atoms with Crippen molar-refractivity contribution in [3.05, 3.63) is 48.5 Å². The van der Waals surface area contributed by atoms with Crippen LogP contribution in [0.25, 0.3) is 0 Å². The van der Waals surface area contributed by atoms with Gasteiger partial charge >= 0.3 is 0 Å². The van der Waals surface area contributed by atoms with Crippen LogP contribution >= 0.6 is 0 Å². The van der Waals surface area contributed by atoms with Crippen molar-refractivity contribution in [2.24, 2.45) is 0 Å². The summed E-state index contributed by atoms with van der Waals surface area (Å²) in [5, 5.41) is 2.63. The molecule has 1 amide bonds. The third-order valence-electron chi connectivity index (χ3n) is 3.15. The monoisotopic (exact) mass is 350 g/mol. The van der Waals surface area contributed by atoms with Gasteiger partial charge in [-0.3, -0.25) is 4.79 Å². The number of carbonyl (C=O) groups excluding carboxylic acids is 1. The molecular formula is C16H18N2O5S. The average Bonchev–Trinajstić information content (AvgIpc) is 2.61. The first-order chi connectivity index (χ1) is 11.4. The number of anilines is 1. The Morgan fingerprint density at radius 3 is 2.12 bits per heavy atom. The van der Waals surface area contributed by atoms with Gasteiger partial charge in [-0.05, 0) is 55.6 Å². The Bertz CT molecular complexity index is 786. The highest BCUT2D eigenvalue weighted by molar-refractivity contribution is 7.89. The highest BCUT2D eigenvalue weighted by Crippen LogP contribution is 2.17. The van der Waals surface area contributed by atoms with Crippen molar-refractivity contribution in [3.8, 4) is 11.5 Å². The van der Waals surface area contributed by atoms with E-state index < -0.39 is 10.0 Å². The fraction of sp³-hybridized carbons (Fsp3) is 0.188. The normalized spacial score (nSPS) is 10.9. The summed E-state index contributed by atoms with van der Waals surface area (Å²) in [6.07, 6.45) is 0. The summed E-state index contributed by atoms with van der Waals surface area (Å²) in [6.45, 7) is -0.164. The second kappa shape index (κ2) is 7.80. The maximum absolute atomic E-state index is 11.9. The summed E-state index contributed by atoms with van der Waals surface area (Å²) in [4.78, 5) is 12.0. The molecule has 0 aromatic heterocycles. The molecule has 0 radical (unpaired) electrons. The number of carbonyl (C=O) groups is 1. The second-order valence-corrected chi connectivity index (χ2v) is 6.63. The Balaban J connectivity index is 1.90. The number of ether oxygens (including phenoxy) is 2. The van der Waals surface area contributed by atoms with Crippen molar-refractivity contribution in [1.29, 1.82) is 0 Å². The molecule has 7 nitrogen and oxygen atoms in total. The summed E-state index contributed by atoms with van der Waals surface area (Å²) in [5.74, 6) is 0.889. The van der Waals surface area contributed by atoms with E-state index in [0.29, 0.717) is 17.2 Å². The van der Waals surface area contributed by atoms with Gasteiger partial charge in [-0.1, -0.05) is 0 Å². The van der Waals surface area contributed by atoms with Gasteiger partial charge in [0.25, 0.3) is 5.91 Å². The van der Waals surface area contributed by atoms with Crippen LogP contribution in [0.4, 0.5) is 5.69 Å². The van der Waals surface area contributed by atoms with E-state index in [1.54, 1.807) is 31.4 Å². The zero-order valence-corrected chi connectivity index (χ0v) is 14.1. The fourth-order valence-electron chi connectivity index (χ4n) is 1.85. The van der Waals surface area contributed by atoms with Crippen LogP contribution in [0.3, 0.4) is 0 Å². The Kier molecular flexibility index (Phi) is 5.78. The molecule has 2 aromatic carbocycles. The lowest BCUT2D eigenvalue weighted by Gasteiger charge is -2.09. The van der Waals surface area contributed by atoms with Gasteiger partial charge in [-0.25, -0.2) is 13.1 Å². The molecule has 0 saturated carbocycles. The highest BCUT2D eigenvalue weighted by Gasteiger charge is 2.11. The molecule has 0 unspecified atom stereocenters. The van der Waals surface area contributed by atoms with Gasteiger partial charge in [0.2, 0.25) is 10.0 Å². The average molecular weight is 350 g/mol. The summed E-state index contributed by atoms with van der Waals surface area (Å²) in [6, 6.07) is 12.7. The minimum Gasteiger partial charge on any atom is -0.497 e. The molecule has 2 N–H and O–H groups in total. The number of benzene rings is 2. The lowest BCUT2D eigenvalue weighted by molar-refractivity contribution is -0.118. The summed E-state index contributed by atoms with van der Waals surface area (Å²) >= 11 is 0. The standard InChI is InChI=1S/C16H18N2O5S/c1-17-24(20,21)15-9-3-12(4-10-15)18-16(19)11-23-14-7-5-13(22-2)6-8-14/h3-10,17H,11H2,1-2H3,(H,18,19). The molecule has 0 spiro atoms. The fourth-order valence-corrected chi connectivity index (χ4v) is 2.58. The smallest absolute Gasteiger partial charge is 0.262 e. The molecule has 0 aliphatic heterocycles. The summed E-state index contributed by atoms with van der Waals surface area (Å²) in [7, 11) is -0.592. The van der Waals surface area contributed by atoms with Crippen molar-refractivity contribution in [3.63, 3.8) is 0 Å². The van der Waals surface area contributed by atoms with E-state index in [0.717, 1.165) is 0 Å². The summed E-state index contributed by atoms with van der Waals surface area (Å²) < 4.78 is 35.8. The minimum absolute atomic E-state index is 0.123. The number of sulfonamides is 1. The molecule has 0 atom stereocenters. The number of rotatable bonds is 7. The number of methoxy groups -OCH3 is 1. The third kappa shape index (κ3) is 4.71. The number of nitrogens with one attached hydrogen (secondary N) is 2. The minimum atomic E-state index is -3.49. The maximum Gasteiger partial charge on any atom is 0.262 e. The van der Waals surface area contributed by atoms with Crippen LogP contribution in [-0.4, -0.2) is 35.1 Å². The predicted molar refractivity (Wildman–Crippen MR) is 89.8 cm³/mol. The number of hydrogen-bond acceptors (Lipinski definition) is 5. The second-order valence-electron chi connectivity index (χ2n) is 4.74. The van der Waals surface area contributed by atoms with Crippen molar-refractivity contribution >= 4 is 21.6 Å². The lowest BCUT2D eigenvalue weighted by atomic mass is 10.3. The molecular weight excluding hydrogens is 332 g/mol. The molecule has 0 bridgehead atoms. The van der Waals surface area contributed by atoms with Gasteiger partial charge in [0.05, 0.1) is 12.0 Å². The van der Waals surface area contributed by atoms with Gasteiger partial charge in [0.15, 0.2) is 6.61 Å². The van der Waals surface area contributed by atoms with Gasteiger partial charge in [0.1, 0.15) is 11.5 Å². The van der Waals surface area contributed by atoms with Crippen LogP contribution in [-0.2, 0) is 14.8 Å². The quantitative estimate of drug-likeness (QED) is 0.791. The first-order valence-electron chi connectivity index (χ1n) is 7.05. The van der Waals surface area contributed by atoms with Gasteiger partial charge in [-0.15, -0.1) is 0 Å². The van der Waals surface area contributed by atoms with E-state index in [1.165, 1.54) is 31.3 Å². The predicted octanol–water partition coefficient (Wildman–Crippen LogP) is 1.62. The van der Waals surface area contributed by atoms with Crippen LogP contribution in [0.15, 0.2) is 53.4 Å². The molecule has 2 rings (SSSR count). The van der Waals surface area contributed by atoms with Gasteiger partial charge < -0.3 is 14.8 Å². The van der Waals surface area contributed by atoms with Crippen LogP contribution < -0.4 is 19.5 Å². The van der Waals surface area contributed by atoms with Crippen molar-refractivity contribution in [2.75, 3.05) is 26.1 Å². The van der Waals surface area contributed by atoms with E-state index in [1.807, 2.05) is 0 Å². The Hall–Kier alpha value is -2.58. The van der Waals surface area contributed by atoms with E-state index in [-0.39, 0.29) is 17.4 Å². The van der Waals surface area contributed by atoms with Gasteiger partial charge in [-0.2, -0.15) is 0 Å². The molecule has 8 heteroatoms. The van der Waals surface area contributed by atoms with E-state index in [2.05, 4.69) is 10.0 Å². The van der Waals surface area contributed by atoms with E-state index >= 15 is 0 Å². The van der Waals surface area contributed by atoms with Crippen LogP contribution in [0.1, 0.15) is 0 Å². The van der Waals surface area contributed by atoms with Gasteiger partial charge in [0, 0.05) is 5.69 Å². The molecule has 2 aromatic rings. The zero-order valence-electron chi connectivity index (χ0n) is 13.3. The topological polar surface area (TPSA) is 93.7 Å². The van der Waals surface area contributed by atoms with E-state index in [4.69, 9.17) is 9.47 Å². The lowest BCUT2D eigenvalue weighted by Crippen LogP contribution is -2.20. The Labute approximate surface area is 140 Å². The van der Waals surface area contributed by atoms with E-state index in [9.17, 15) is 13.2 Å². The third-order valence-corrected chi connectivity index (χ3v) is 4.58. The molecule has 128 valence electrons. The molecule has 0 heterocycles. The Morgan fingerprint density at radius 2 is 1.58 bits per heavy atom. The molecule has 0 aliphatic rings. The van der Waals surface area contributed by atoms with Crippen LogP contribution in [0.5, 0.6) is 11.5 Å². The molecule has 0 aliphatic carbocycles. The Morgan fingerprint density at radius 1 is 1.00 bits per heavy atom. The maximum atomic E-state index is 11.9. The zero-order chi connectivity index (χ0) is 17.6. The molecule has 24 heavy (non-hydrogen) atoms. The van der Waals surface area contributed by atoms with Crippen molar-refractivity contribution in [2.45, 2.75) is 4.90 Å². The number of amides is 1.